The van der Waals surface area contributed by atoms with Gasteiger partial charge >= 0.3 is 0 Å². The van der Waals surface area contributed by atoms with Gasteiger partial charge in [-0.3, -0.25) is 24.3 Å². The molecule has 128 valence electrons. The van der Waals surface area contributed by atoms with Gasteiger partial charge in [0, 0.05) is 23.7 Å². The summed E-state index contributed by atoms with van der Waals surface area (Å²) < 4.78 is 1.51. The molecule has 1 aliphatic rings. The monoisotopic (exact) mass is 344 g/mol. The number of pyridine rings is 2. The summed E-state index contributed by atoms with van der Waals surface area (Å²) in [5.74, 6) is -0.0879. The zero-order chi connectivity index (χ0) is 18.3. The zero-order valence-electron chi connectivity index (χ0n) is 14.5. The molecular weight excluding hydrogens is 328 g/mol. The van der Waals surface area contributed by atoms with Gasteiger partial charge in [0.25, 0.3) is 5.91 Å². The van der Waals surface area contributed by atoms with Crippen molar-refractivity contribution in [2.24, 2.45) is 0 Å². The van der Waals surface area contributed by atoms with Crippen LogP contribution in [0.1, 0.15) is 27.3 Å². The van der Waals surface area contributed by atoms with Crippen molar-refractivity contribution in [3.63, 3.8) is 0 Å². The minimum absolute atomic E-state index is 0.0879. The van der Waals surface area contributed by atoms with Crippen molar-refractivity contribution in [3.05, 3.63) is 59.3 Å². The van der Waals surface area contributed by atoms with Crippen LogP contribution in [0.15, 0.2) is 36.8 Å². The number of amides is 1. The number of anilines is 1. The van der Waals surface area contributed by atoms with Gasteiger partial charge < -0.3 is 0 Å². The molecule has 0 saturated carbocycles. The summed E-state index contributed by atoms with van der Waals surface area (Å²) in [4.78, 5) is 23.5. The maximum absolute atomic E-state index is 12.8. The Bertz CT molecular complexity index is 1040. The molecule has 3 aromatic heterocycles. The summed E-state index contributed by atoms with van der Waals surface area (Å²) in [6.07, 6.45) is 5.10. The van der Waals surface area contributed by atoms with Crippen LogP contribution < -0.4 is 4.90 Å². The molecule has 0 saturated heterocycles. The van der Waals surface area contributed by atoms with Crippen LogP contribution >= 0.6 is 0 Å². The number of nitriles is 1. The van der Waals surface area contributed by atoms with Gasteiger partial charge in [0.15, 0.2) is 0 Å². The number of rotatable bonds is 3. The van der Waals surface area contributed by atoms with E-state index in [1.807, 2.05) is 38.1 Å². The molecule has 1 amide bonds. The van der Waals surface area contributed by atoms with Crippen LogP contribution in [0, 0.1) is 25.2 Å². The highest BCUT2D eigenvalue weighted by Crippen LogP contribution is 2.31. The lowest BCUT2D eigenvalue weighted by molar-refractivity contribution is 0.0996. The molecule has 4 rings (SSSR count). The lowest BCUT2D eigenvalue weighted by Crippen LogP contribution is -2.22. The molecule has 0 N–H and O–H groups in total. The zero-order valence-corrected chi connectivity index (χ0v) is 14.5. The van der Waals surface area contributed by atoms with E-state index in [1.54, 1.807) is 23.5 Å². The van der Waals surface area contributed by atoms with E-state index in [1.165, 1.54) is 4.68 Å². The predicted molar refractivity (Wildman–Crippen MR) is 95.3 cm³/mol. The lowest BCUT2D eigenvalue weighted by atomic mass is 10.1. The quantitative estimate of drug-likeness (QED) is 0.729. The van der Waals surface area contributed by atoms with Gasteiger partial charge in [-0.1, -0.05) is 0 Å². The van der Waals surface area contributed by atoms with Gasteiger partial charge in [0.05, 0.1) is 41.4 Å². The van der Waals surface area contributed by atoms with Crippen LogP contribution in [-0.2, 0) is 13.1 Å². The summed E-state index contributed by atoms with van der Waals surface area (Å²) in [6.45, 7) is 4.40. The van der Waals surface area contributed by atoms with Crippen LogP contribution in [0.4, 0.5) is 5.69 Å². The second-order valence-corrected chi connectivity index (χ2v) is 6.28. The van der Waals surface area contributed by atoms with Crippen molar-refractivity contribution in [1.29, 1.82) is 5.26 Å². The number of aryl methyl sites for hydroxylation is 2. The first-order valence-electron chi connectivity index (χ1n) is 8.21. The van der Waals surface area contributed by atoms with E-state index in [0.717, 1.165) is 28.2 Å². The van der Waals surface area contributed by atoms with E-state index >= 15 is 0 Å². The van der Waals surface area contributed by atoms with Crippen molar-refractivity contribution in [1.82, 2.24) is 19.7 Å². The molecule has 0 fully saturated rings. The third-order valence-electron chi connectivity index (χ3n) is 4.43. The van der Waals surface area contributed by atoms with Crippen molar-refractivity contribution in [3.8, 4) is 17.3 Å². The maximum Gasteiger partial charge on any atom is 0.260 e. The predicted octanol–water partition coefficient (Wildman–Crippen LogP) is 2.64. The summed E-state index contributed by atoms with van der Waals surface area (Å²) in [5.41, 5.74) is 5.63. The van der Waals surface area contributed by atoms with Gasteiger partial charge in [0.1, 0.15) is 6.54 Å². The number of hydrogen-bond acceptors (Lipinski definition) is 5. The summed E-state index contributed by atoms with van der Waals surface area (Å²) >= 11 is 0. The second kappa shape index (κ2) is 6.08. The molecule has 0 unspecified atom stereocenters. The molecule has 0 bridgehead atoms. The van der Waals surface area contributed by atoms with Gasteiger partial charge in [-0.2, -0.15) is 10.4 Å². The van der Waals surface area contributed by atoms with E-state index < -0.39 is 0 Å². The number of carbonyl (C=O) groups is 1. The molecule has 26 heavy (non-hydrogen) atoms. The highest BCUT2D eigenvalue weighted by Gasteiger charge is 2.32. The van der Waals surface area contributed by atoms with Crippen LogP contribution in [0.2, 0.25) is 0 Å². The number of aromatic nitrogens is 4. The minimum atomic E-state index is -0.0879. The molecule has 0 atom stereocenters. The number of fused-ring (bicyclic) bond motifs is 1. The van der Waals surface area contributed by atoms with Crippen LogP contribution in [-0.4, -0.2) is 25.7 Å². The van der Waals surface area contributed by atoms with Crippen LogP contribution in [0.25, 0.3) is 11.3 Å². The van der Waals surface area contributed by atoms with Crippen molar-refractivity contribution in [2.45, 2.75) is 26.9 Å². The Morgan fingerprint density at radius 2 is 2.12 bits per heavy atom. The third kappa shape index (κ3) is 2.62. The number of hydrogen-bond donors (Lipinski definition) is 0. The van der Waals surface area contributed by atoms with E-state index in [-0.39, 0.29) is 12.5 Å². The fourth-order valence-corrected chi connectivity index (χ4v) is 3.13. The third-order valence-corrected chi connectivity index (χ3v) is 4.43. The van der Waals surface area contributed by atoms with Gasteiger partial charge in [0.2, 0.25) is 0 Å². The molecule has 0 aromatic carbocycles. The highest BCUT2D eigenvalue weighted by atomic mass is 16.2. The SMILES string of the molecule is Cc1ccc(-c2cc(C)c3c(n2)CN(c2cnn(CC#N)c2)C3=O)cn1. The standard InChI is InChI=1S/C19H16N6O/c1-12-7-16(14-4-3-13(2)21-8-14)23-17-11-25(19(26)18(12)17)15-9-22-24(10-15)6-5-20/h3-4,7-10H,6,11H2,1-2H3. The van der Waals surface area contributed by atoms with E-state index in [4.69, 9.17) is 10.2 Å². The number of carbonyl (C=O) groups excluding carboxylic acids is 1. The average Bonchev–Trinajstić information content (AvgIpc) is 3.20. The Labute approximate surface area is 150 Å². The molecule has 7 heteroatoms. The van der Waals surface area contributed by atoms with Crippen LogP contribution in [0.5, 0.6) is 0 Å². The molecule has 0 aliphatic carbocycles. The Hall–Kier alpha value is -3.53. The second-order valence-electron chi connectivity index (χ2n) is 6.28. The summed E-state index contributed by atoms with van der Waals surface area (Å²) in [7, 11) is 0. The van der Waals surface area contributed by atoms with Gasteiger partial charge in [-0.05, 0) is 37.6 Å². The molecule has 4 heterocycles. The van der Waals surface area contributed by atoms with Crippen molar-refractivity contribution < 1.29 is 4.79 Å². The molecule has 7 nitrogen and oxygen atoms in total. The first kappa shape index (κ1) is 16.0. The first-order valence-corrected chi connectivity index (χ1v) is 8.21. The molecular formula is C19H16N6O. The minimum Gasteiger partial charge on any atom is -0.299 e. The van der Waals surface area contributed by atoms with E-state index in [2.05, 4.69) is 10.1 Å². The summed E-state index contributed by atoms with van der Waals surface area (Å²) in [6, 6.07) is 7.88. The normalized spacial score (nSPS) is 13.0. The van der Waals surface area contributed by atoms with Crippen molar-refractivity contribution >= 4 is 11.6 Å². The Kier molecular flexibility index (Phi) is 3.73. The Balaban J connectivity index is 1.70. The largest absolute Gasteiger partial charge is 0.299 e. The molecule has 1 aliphatic heterocycles. The van der Waals surface area contributed by atoms with Gasteiger partial charge in [-0.25, -0.2) is 0 Å². The Morgan fingerprint density at radius 1 is 1.27 bits per heavy atom. The first-order chi connectivity index (χ1) is 12.6. The fraction of sp³-hybridized carbons (Fsp3) is 0.211. The topological polar surface area (TPSA) is 87.7 Å². The molecule has 0 spiro atoms. The summed E-state index contributed by atoms with van der Waals surface area (Å²) in [5, 5.41) is 12.9. The highest BCUT2D eigenvalue weighted by molar-refractivity contribution is 6.10. The lowest BCUT2D eigenvalue weighted by Gasteiger charge is -2.11. The Morgan fingerprint density at radius 3 is 2.85 bits per heavy atom. The molecule has 3 aromatic rings. The van der Waals surface area contributed by atoms with Gasteiger partial charge in [-0.15, -0.1) is 0 Å². The number of nitrogens with zero attached hydrogens (tertiary/aromatic N) is 6. The van der Waals surface area contributed by atoms with Crippen LogP contribution in [0.3, 0.4) is 0 Å². The average molecular weight is 344 g/mol. The molecule has 0 radical (unpaired) electrons. The van der Waals surface area contributed by atoms with E-state index in [0.29, 0.717) is 17.8 Å². The van der Waals surface area contributed by atoms with E-state index in [9.17, 15) is 4.79 Å². The maximum atomic E-state index is 12.8. The fourth-order valence-electron chi connectivity index (χ4n) is 3.13. The van der Waals surface area contributed by atoms with Crippen molar-refractivity contribution in [2.75, 3.05) is 4.90 Å². The smallest absolute Gasteiger partial charge is 0.260 e.